The van der Waals surface area contributed by atoms with Crippen molar-refractivity contribution in [2.75, 3.05) is 13.7 Å². The Bertz CT molecular complexity index is 1780. The SMILES string of the molecule is COc1cc(C(=O)N2C[C@H]3CC[C@@H]2[C@@H]3N)cc2nc(-c3cc4ccc(-c5cncs5)cc4n3CC3CC3)n(C)c12. The van der Waals surface area contributed by atoms with Gasteiger partial charge in [-0.15, -0.1) is 11.3 Å². The number of imidazole rings is 1. The van der Waals surface area contributed by atoms with Crippen molar-refractivity contribution in [3.63, 3.8) is 0 Å². The number of carbonyl (C=O) groups is 1. The zero-order valence-corrected chi connectivity index (χ0v) is 23.5. The van der Waals surface area contributed by atoms with Gasteiger partial charge < -0.3 is 24.5 Å². The predicted octanol–water partition coefficient (Wildman–Crippen LogP) is 5.30. The summed E-state index contributed by atoms with van der Waals surface area (Å²) in [7, 11) is 3.70. The highest BCUT2D eigenvalue weighted by Gasteiger charge is 2.47. The van der Waals surface area contributed by atoms with Gasteiger partial charge in [-0.2, -0.15) is 0 Å². The maximum Gasteiger partial charge on any atom is 0.254 e. The Morgan fingerprint density at radius 2 is 2.02 bits per heavy atom. The van der Waals surface area contributed by atoms with Crippen molar-refractivity contribution < 1.29 is 9.53 Å². The van der Waals surface area contributed by atoms with Crippen LogP contribution < -0.4 is 10.5 Å². The van der Waals surface area contributed by atoms with E-state index in [1.165, 1.54) is 34.2 Å². The van der Waals surface area contributed by atoms with Crippen LogP contribution in [-0.2, 0) is 13.6 Å². The number of fused-ring (bicyclic) bond motifs is 4. The number of nitrogens with zero attached hydrogens (tertiary/aromatic N) is 5. The minimum Gasteiger partial charge on any atom is -0.494 e. The first-order valence-corrected chi connectivity index (χ1v) is 15.0. The van der Waals surface area contributed by atoms with Crippen molar-refractivity contribution >= 4 is 39.2 Å². The topological polar surface area (TPSA) is 91.2 Å². The van der Waals surface area contributed by atoms with E-state index in [1.54, 1.807) is 18.4 Å². The highest BCUT2D eigenvalue weighted by atomic mass is 32.1. The summed E-state index contributed by atoms with van der Waals surface area (Å²) in [6, 6.07) is 12.9. The van der Waals surface area contributed by atoms with Gasteiger partial charge >= 0.3 is 0 Å². The number of likely N-dealkylation sites (tertiary alicyclic amines) is 1. The molecule has 1 amide bonds. The number of hydrogen-bond acceptors (Lipinski definition) is 6. The van der Waals surface area contributed by atoms with Crippen molar-refractivity contribution in [3.05, 3.63) is 53.7 Å². The fourth-order valence-corrected chi connectivity index (χ4v) is 7.59. The number of carbonyl (C=O) groups excluding carboxylic acids is 1. The Balaban J connectivity index is 1.25. The molecule has 9 heteroatoms. The molecule has 3 aromatic heterocycles. The van der Waals surface area contributed by atoms with E-state index in [9.17, 15) is 4.79 Å². The van der Waals surface area contributed by atoms with E-state index in [2.05, 4.69) is 38.4 Å². The first-order valence-electron chi connectivity index (χ1n) is 14.1. The second kappa shape index (κ2) is 8.91. The van der Waals surface area contributed by atoms with Crippen molar-refractivity contribution in [1.29, 1.82) is 0 Å². The van der Waals surface area contributed by atoms with Crippen LogP contribution in [0.3, 0.4) is 0 Å². The zero-order valence-electron chi connectivity index (χ0n) is 22.7. The molecule has 2 saturated carbocycles. The van der Waals surface area contributed by atoms with Gasteiger partial charge in [0.05, 0.1) is 28.7 Å². The minimum absolute atomic E-state index is 0.0218. The van der Waals surface area contributed by atoms with E-state index in [1.807, 2.05) is 35.8 Å². The van der Waals surface area contributed by atoms with Gasteiger partial charge in [-0.3, -0.25) is 9.78 Å². The lowest BCUT2D eigenvalue weighted by molar-refractivity contribution is 0.0700. The van der Waals surface area contributed by atoms with Gasteiger partial charge in [0.1, 0.15) is 11.3 Å². The molecule has 1 aliphatic heterocycles. The van der Waals surface area contributed by atoms with Crippen LogP contribution in [0.5, 0.6) is 5.75 Å². The Morgan fingerprint density at radius 3 is 2.73 bits per heavy atom. The molecule has 0 radical (unpaired) electrons. The molecular formula is C31H32N6O2S. The minimum atomic E-state index is 0.0218. The molecule has 2 N–H and O–H groups in total. The largest absolute Gasteiger partial charge is 0.494 e. The normalized spacial score (nSPS) is 22.2. The third-order valence-electron chi connectivity index (χ3n) is 9.30. The number of aromatic nitrogens is 4. The van der Waals surface area contributed by atoms with Crippen LogP contribution in [0.2, 0.25) is 0 Å². The molecule has 4 heterocycles. The van der Waals surface area contributed by atoms with Crippen LogP contribution in [-0.4, -0.2) is 55.6 Å². The van der Waals surface area contributed by atoms with Gasteiger partial charge in [-0.25, -0.2) is 4.98 Å². The molecular weight excluding hydrogens is 520 g/mol. The van der Waals surface area contributed by atoms with E-state index >= 15 is 0 Å². The number of aryl methyl sites for hydroxylation is 1. The smallest absolute Gasteiger partial charge is 0.254 e. The maximum atomic E-state index is 13.7. The Kier molecular flexibility index (Phi) is 5.37. The molecule has 1 saturated heterocycles. The number of nitrogens with two attached hydrogens (primary N) is 1. The lowest BCUT2D eigenvalue weighted by Crippen LogP contribution is -2.41. The van der Waals surface area contributed by atoms with E-state index in [0.717, 1.165) is 48.5 Å². The van der Waals surface area contributed by atoms with Gasteiger partial charge in [-0.1, -0.05) is 12.1 Å². The molecule has 2 aromatic carbocycles. The third-order valence-corrected chi connectivity index (χ3v) is 10.1. The predicted molar refractivity (Wildman–Crippen MR) is 158 cm³/mol. The summed E-state index contributed by atoms with van der Waals surface area (Å²) in [5.74, 6) is 2.65. The molecule has 204 valence electrons. The zero-order chi connectivity index (χ0) is 27.1. The van der Waals surface area contributed by atoms with E-state index in [0.29, 0.717) is 23.1 Å². The average molecular weight is 553 g/mol. The first-order chi connectivity index (χ1) is 19.5. The Hall–Kier alpha value is -3.69. The summed E-state index contributed by atoms with van der Waals surface area (Å²) in [5.41, 5.74) is 14.0. The molecule has 2 aliphatic carbocycles. The van der Waals surface area contributed by atoms with Crippen molar-refractivity contribution in [3.8, 4) is 27.7 Å². The van der Waals surface area contributed by atoms with Crippen LogP contribution in [0.4, 0.5) is 0 Å². The molecule has 0 unspecified atom stereocenters. The lowest BCUT2D eigenvalue weighted by atomic mass is 10.1. The molecule has 3 fully saturated rings. The fourth-order valence-electron chi connectivity index (χ4n) is 6.97. The van der Waals surface area contributed by atoms with Gasteiger partial charge in [0.15, 0.2) is 5.82 Å². The van der Waals surface area contributed by atoms with Crippen LogP contribution >= 0.6 is 11.3 Å². The molecule has 8 nitrogen and oxygen atoms in total. The maximum absolute atomic E-state index is 13.7. The molecule has 2 bridgehead atoms. The number of piperidine rings is 1. The number of hydrogen-bond donors (Lipinski definition) is 1. The summed E-state index contributed by atoms with van der Waals surface area (Å²) in [6.45, 7) is 1.70. The molecule has 0 spiro atoms. The second-order valence-corrected chi connectivity index (χ2v) is 12.6. The fraction of sp³-hybridized carbons (Fsp3) is 0.387. The van der Waals surface area contributed by atoms with Crippen molar-refractivity contribution in [2.45, 2.75) is 44.3 Å². The van der Waals surface area contributed by atoms with Crippen LogP contribution in [0.1, 0.15) is 36.0 Å². The van der Waals surface area contributed by atoms with Crippen LogP contribution in [0, 0.1) is 11.8 Å². The molecule has 40 heavy (non-hydrogen) atoms. The average Bonchev–Trinajstić information content (AvgIpc) is 3.34. The highest BCUT2D eigenvalue weighted by molar-refractivity contribution is 7.13. The number of benzene rings is 2. The third kappa shape index (κ3) is 3.64. The van der Waals surface area contributed by atoms with Gasteiger partial charge in [0.2, 0.25) is 0 Å². The van der Waals surface area contributed by atoms with Gasteiger partial charge in [0.25, 0.3) is 5.91 Å². The van der Waals surface area contributed by atoms with Crippen molar-refractivity contribution in [2.24, 2.45) is 24.6 Å². The highest BCUT2D eigenvalue weighted by Crippen LogP contribution is 2.41. The lowest BCUT2D eigenvalue weighted by Gasteiger charge is -2.27. The first kappa shape index (κ1) is 24.1. The summed E-state index contributed by atoms with van der Waals surface area (Å²) in [6.07, 6.45) is 6.55. The molecule has 3 aliphatic rings. The number of methoxy groups -OCH3 is 1. The summed E-state index contributed by atoms with van der Waals surface area (Å²) in [4.78, 5) is 26.2. The number of ether oxygens (including phenoxy) is 1. The monoisotopic (exact) mass is 552 g/mol. The molecule has 3 atom stereocenters. The van der Waals surface area contributed by atoms with Gasteiger partial charge in [0, 0.05) is 54.9 Å². The van der Waals surface area contributed by atoms with Gasteiger partial charge in [-0.05, 0) is 67.3 Å². The van der Waals surface area contributed by atoms with Crippen molar-refractivity contribution in [1.82, 2.24) is 24.0 Å². The Labute approximate surface area is 236 Å². The van der Waals surface area contributed by atoms with E-state index < -0.39 is 0 Å². The number of thiazole rings is 1. The molecule has 5 aromatic rings. The standard InChI is InChI=1S/C31H32N6O2S/c1-35-29-22(9-21(12-26(29)39-2)31(38)37-15-20-7-8-23(37)28(20)32)34-30(35)25-10-18-5-6-19(27-13-33-16-40-27)11-24(18)36(25)14-17-3-4-17/h5-6,9-13,16-17,20,23,28H,3-4,7-8,14-15,32H2,1-2H3/t20-,23-,28-/m1/s1. The van der Waals surface area contributed by atoms with E-state index in [-0.39, 0.29) is 18.0 Å². The Morgan fingerprint density at radius 1 is 1.15 bits per heavy atom. The second-order valence-electron chi connectivity index (χ2n) is 11.7. The summed E-state index contributed by atoms with van der Waals surface area (Å²) >= 11 is 1.66. The number of rotatable bonds is 6. The van der Waals surface area contributed by atoms with Crippen LogP contribution in [0.25, 0.3) is 43.9 Å². The number of amides is 1. The summed E-state index contributed by atoms with van der Waals surface area (Å²) in [5, 5.41) is 1.19. The quantitative estimate of drug-likeness (QED) is 0.309. The molecule has 8 rings (SSSR count). The summed E-state index contributed by atoms with van der Waals surface area (Å²) < 4.78 is 10.4. The van der Waals surface area contributed by atoms with E-state index in [4.69, 9.17) is 15.5 Å². The van der Waals surface area contributed by atoms with Crippen LogP contribution in [0.15, 0.2) is 48.1 Å².